The van der Waals surface area contributed by atoms with E-state index in [0.29, 0.717) is 6.42 Å². The van der Waals surface area contributed by atoms with Crippen molar-refractivity contribution in [2.75, 3.05) is 0 Å². The number of carbonyl (C=O) groups is 1. The Kier molecular flexibility index (Phi) is 3.76. The Morgan fingerprint density at radius 2 is 2.38 bits per heavy atom. The predicted octanol–water partition coefficient (Wildman–Crippen LogP) is 1.08. The molecule has 0 saturated heterocycles. The second kappa shape index (κ2) is 4.87. The number of hydrogen-bond donors (Lipinski definition) is 3. The van der Waals surface area contributed by atoms with E-state index in [4.69, 9.17) is 10.8 Å². The Morgan fingerprint density at radius 3 is 3.08 bits per heavy atom. The van der Waals surface area contributed by atoms with Crippen molar-refractivity contribution in [3.63, 3.8) is 0 Å². The molecule has 0 heterocycles. The van der Waals surface area contributed by atoms with E-state index in [1.807, 2.05) is 6.08 Å². The van der Waals surface area contributed by atoms with E-state index >= 15 is 0 Å². The second-order valence-electron chi connectivity index (χ2n) is 3.41. The fourth-order valence-corrected chi connectivity index (χ4v) is 1.58. The molecule has 2 unspecified atom stereocenters. The quantitative estimate of drug-likeness (QED) is 0.534. The first-order chi connectivity index (χ1) is 6.18. The Bertz CT molecular complexity index is 204. The normalized spacial score (nSPS) is 31.5. The molecule has 1 aliphatic rings. The minimum Gasteiger partial charge on any atom is -0.465 e. The maximum absolute atomic E-state index is 10.4. The Morgan fingerprint density at radius 1 is 1.62 bits per heavy atom. The molecule has 0 bridgehead atoms. The molecule has 0 radical (unpaired) electrons. The van der Waals surface area contributed by atoms with Gasteiger partial charge in [-0.05, 0) is 25.7 Å². The standard InChI is InChI=1S/C9H16N2O2/c10-7-4-2-1-3-5-8(6-7)11-9(12)13/h2,4,7-8,11H,1,3,5-6,10H2,(H,12,13)/b4-2+. The van der Waals surface area contributed by atoms with Crippen molar-refractivity contribution in [1.29, 1.82) is 0 Å². The van der Waals surface area contributed by atoms with E-state index in [0.717, 1.165) is 19.3 Å². The summed E-state index contributed by atoms with van der Waals surface area (Å²) in [5, 5.41) is 11.0. The van der Waals surface area contributed by atoms with Crippen LogP contribution in [0.25, 0.3) is 0 Å². The summed E-state index contributed by atoms with van der Waals surface area (Å²) in [5.41, 5.74) is 5.75. The van der Waals surface area contributed by atoms with Crippen LogP contribution in [0.3, 0.4) is 0 Å². The molecular formula is C9H16N2O2. The van der Waals surface area contributed by atoms with Gasteiger partial charge in [-0.15, -0.1) is 0 Å². The van der Waals surface area contributed by atoms with E-state index in [9.17, 15) is 4.79 Å². The molecule has 0 aromatic carbocycles. The number of carboxylic acid groups (broad SMARTS) is 1. The molecule has 4 N–H and O–H groups in total. The van der Waals surface area contributed by atoms with Gasteiger partial charge in [0.1, 0.15) is 0 Å². The van der Waals surface area contributed by atoms with Gasteiger partial charge in [-0.25, -0.2) is 4.79 Å². The summed E-state index contributed by atoms with van der Waals surface area (Å²) >= 11 is 0. The van der Waals surface area contributed by atoms with Crippen LogP contribution in [0.5, 0.6) is 0 Å². The van der Waals surface area contributed by atoms with Crippen LogP contribution >= 0.6 is 0 Å². The van der Waals surface area contributed by atoms with Crippen molar-refractivity contribution in [3.05, 3.63) is 12.2 Å². The Balaban J connectivity index is 2.44. The predicted molar refractivity (Wildman–Crippen MR) is 50.5 cm³/mol. The molecule has 1 aliphatic carbocycles. The topological polar surface area (TPSA) is 75.3 Å². The van der Waals surface area contributed by atoms with E-state index in [1.54, 1.807) is 0 Å². The summed E-state index contributed by atoms with van der Waals surface area (Å²) in [5.74, 6) is 0. The highest BCUT2D eigenvalue weighted by Crippen LogP contribution is 2.11. The van der Waals surface area contributed by atoms with Gasteiger partial charge in [-0.1, -0.05) is 12.2 Å². The molecule has 13 heavy (non-hydrogen) atoms. The lowest BCUT2D eigenvalue weighted by atomic mass is 9.98. The minimum atomic E-state index is -0.957. The van der Waals surface area contributed by atoms with Crippen LogP contribution in [0.4, 0.5) is 4.79 Å². The van der Waals surface area contributed by atoms with Crippen molar-refractivity contribution in [3.8, 4) is 0 Å². The summed E-state index contributed by atoms with van der Waals surface area (Å²) in [6.07, 6.45) is 6.66. The molecule has 0 fully saturated rings. The monoisotopic (exact) mass is 184 g/mol. The van der Waals surface area contributed by atoms with Gasteiger partial charge in [0.15, 0.2) is 0 Å². The number of nitrogens with two attached hydrogens (primary N) is 1. The van der Waals surface area contributed by atoms with Gasteiger partial charge in [-0.2, -0.15) is 0 Å². The zero-order valence-corrected chi connectivity index (χ0v) is 7.57. The molecule has 1 amide bonds. The zero-order valence-electron chi connectivity index (χ0n) is 7.57. The molecule has 0 aromatic rings. The first-order valence-corrected chi connectivity index (χ1v) is 4.60. The zero-order chi connectivity index (χ0) is 9.68. The largest absolute Gasteiger partial charge is 0.465 e. The SMILES string of the molecule is NC1/C=C/CCCC(NC(=O)O)C1. The molecule has 0 saturated carbocycles. The third-order valence-corrected chi connectivity index (χ3v) is 2.19. The third-order valence-electron chi connectivity index (χ3n) is 2.19. The van der Waals surface area contributed by atoms with Crippen molar-refractivity contribution >= 4 is 6.09 Å². The minimum absolute atomic E-state index is 0.0115. The lowest BCUT2D eigenvalue weighted by molar-refractivity contribution is 0.187. The van der Waals surface area contributed by atoms with Gasteiger partial charge in [-0.3, -0.25) is 0 Å². The Labute approximate surface area is 77.8 Å². The van der Waals surface area contributed by atoms with Crippen molar-refractivity contribution < 1.29 is 9.90 Å². The number of nitrogens with one attached hydrogen (secondary N) is 1. The van der Waals surface area contributed by atoms with Gasteiger partial charge in [0.05, 0.1) is 0 Å². The van der Waals surface area contributed by atoms with Gasteiger partial charge >= 0.3 is 6.09 Å². The summed E-state index contributed by atoms with van der Waals surface area (Å²) in [7, 11) is 0. The summed E-state index contributed by atoms with van der Waals surface area (Å²) < 4.78 is 0. The van der Waals surface area contributed by atoms with E-state index in [-0.39, 0.29) is 12.1 Å². The summed E-state index contributed by atoms with van der Waals surface area (Å²) in [4.78, 5) is 10.4. The van der Waals surface area contributed by atoms with Crippen LogP contribution in [0, 0.1) is 0 Å². The van der Waals surface area contributed by atoms with E-state index in [1.165, 1.54) is 0 Å². The average molecular weight is 184 g/mol. The van der Waals surface area contributed by atoms with Gasteiger partial charge in [0.2, 0.25) is 0 Å². The Hall–Kier alpha value is -1.03. The van der Waals surface area contributed by atoms with Crippen LogP contribution in [-0.4, -0.2) is 23.3 Å². The molecule has 0 aliphatic heterocycles. The van der Waals surface area contributed by atoms with Gasteiger partial charge in [0, 0.05) is 12.1 Å². The van der Waals surface area contributed by atoms with Crippen LogP contribution in [0.15, 0.2) is 12.2 Å². The van der Waals surface area contributed by atoms with Gasteiger partial charge in [0.25, 0.3) is 0 Å². The second-order valence-corrected chi connectivity index (χ2v) is 3.41. The number of rotatable bonds is 1. The molecular weight excluding hydrogens is 168 g/mol. The van der Waals surface area contributed by atoms with Crippen LogP contribution in [0.2, 0.25) is 0 Å². The van der Waals surface area contributed by atoms with Crippen molar-refractivity contribution in [1.82, 2.24) is 5.32 Å². The van der Waals surface area contributed by atoms with Crippen LogP contribution in [0.1, 0.15) is 25.7 Å². The molecule has 0 aromatic heterocycles. The fourth-order valence-electron chi connectivity index (χ4n) is 1.58. The van der Waals surface area contributed by atoms with E-state index in [2.05, 4.69) is 11.4 Å². The van der Waals surface area contributed by atoms with Crippen LogP contribution in [-0.2, 0) is 0 Å². The average Bonchev–Trinajstić information content (AvgIpc) is 1.98. The first kappa shape index (κ1) is 10.1. The molecule has 74 valence electrons. The summed E-state index contributed by atoms with van der Waals surface area (Å²) in [6.45, 7) is 0. The lowest BCUT2D eigenvalue weighted by Gasteiger charge is -2.20. The highest BCUT2D eigenvalue weighted by molar-refractivity contribution is 5.64. The van der Waals surface area contributed by atoms with Crippen molar-refractivity contribution in [2.45, 2.75) is 37.8 Å². The third kappa shape index (κ3) is 3.94. The number of hydrogen-bond acceptors (Lipinski definition) is 2. The maximum Gasteiger partial charge on any atom is 0.404 e. The lowest BCUT2D eigenvalue weighted by Crippen LogP contribution is -2.38. The molecule has 1 rings (SSSR count). The highest BCUT2D eigenvalue weighted by atomic mass is 16.4. The molecule has 4 heteroatoms. The smallest absolute Gasteiger partial charge is 0.404 e. The number of allylic oxidation sites excluding steroid dienone is 1. The van der Waals surface area contributed by atoms with Gasteiger partial charge < -0.3 is 16.2 Å². The molecule has 4 nitrogen and oxygen atoms in total. The van der Waals surface area contributed by atoms with Crippen molar-refractivity contribution in [2.24, 2.45) is 5.73 Å². The number of amides is 1. The summed E-state index contributed by atoms with van der Waals surface area (Å²) in [6, 6.07) is -0.00500. The molecule has 2 atom stereocenters. The maximum atomic E-state index is 10.4. The molecule has 0 spiro atoms. The first-order valence-electron chi connectivity index (χ1n) is 4.60. The van der Waals surface area contributed by atoms with E-state index < -0.39 is 6.09 Å². The fraction of sp³-hybridized carbons (Fsp3) is 0.667. The highest BCUT2D eigenvalue weighted by Gasteiger charge is 2.15. The van der Waals surface area contributed by atoms with Crippen LogP contribution < -0.4 is 11.1 Å².